The molecule has 0 aliphatic carbocycles. The zero-order valence-electron chi connectivity index (χ0n) is 12.2. The van der Waals surface area contributed by atoms with Crippen molar-refractivity contribution in [3.63, 3.8) is 0 Å². The van der Waals surface area contributed by atoms with Gasteiger partial charge in [-0.05, 0) is 19.1 Å². The molecule has 0 radical (unpaired) electrons. The third-order valence-corrected chi connectivity index (χ3v) is 4.71. The Hall–Kier alpha value is -1.24. The van der Waals surface area contributed by atoms with Gasteiger partial charge >= 0.3 is 0 Å². The highest BCUT2D eigenvalue weighted by Gasteiger charge is 2.30. The van der Waals surface area contributed by atoms with Crippen LogP contribution in [0.3, 0.4) is 0 Å². The molecule has 0 N–H and O–H groups in total. The van der Waals surface area contributed by atoms with Crippen LogP contribution in [0.5, 0.6) is 0 Å². The highest BCUT2D eigenvalue weighted by atomic mass is 32.1. The van der Waals surface area contributed by atoms with Crippen molar-refractivity contribution < 1.29 is 4.74 Å². The van der Waals surface area contributed by atoms with Gasteiger partial charge < -0.3 is 4.74 Å². The molecule has 0 spiro atoms. The number of methoxy groups -OCH3 is 1. The van der Waals surface area contributed by atoms with Crippen molar-refractivity contribution in [2.24, 2.45) is 7.05 Å². The number of rotatable bonds is 4. The van der Waals surface area contributed by atoms with Crippen LogP contribution in [0.2, 0.25) is 0 Å². The number of aryl methyl sites for hydroxylation is 2. The number of hydrogen-bond acceptors (Lipinski definition) is 5. The van der Waals surface area contributed by atoms with Crippen LogP contribution < -0.4 is 0 Å². The molecule has 1 aliphatic heterocycles. The average molecular weight is 292 g/mol. The fourth-order valence-electron chi connectivity index (χ4n) is 2.94. The molecule has 0 fully saturated rings. The number of thiophene rings is 1. The Morgan fingerprint density at radius 2 is 2.30 bits per heavy atom. The number of hydrogen-bond donors (Lipinski definition) is 0. The molecule has 0 saturated carbocycles. The van der Waals surface area contributed by atoms with Crippen LogP contribution in [0.25, 0.3) is 0 Å². The lowest BCUT2D eigenvalue weighted by Crippen LogP contribution is -2.35. The SMILES string of the molecule is COCC1CN(Cc2ccc(C)s2)Cc2nnn(C)c21. The minimum absolute atomic E-state index is 0.352. The Morgan fingerprint density at radius 3 is 3.00 bits per heavy atom. The lowest BCUT2D eigenvalue weighted by atomic mass is 9.99. The summed E-state index contributed by atoms with van der Waals surface area (Å²) in [5, 5.41) is 8.47. The molecule has 2 aromatic heterocycles. The van der Waals surface area contributed by atoms with E-state index in [1.807, 2.05) is 23.1 Å². The Labute approximate surface area is 123 Å². The average Bonchev–Trinajstić information content (AvgIpc) is 2.97. The van der Waals surface area contributed by atoms with E-state index in [-0.39, 0.29) is 0 Å². The van der Waals surface area contributed by atoms with Gasteiger partial charge in [-0.2, -0.15) is 0 Å². The number of fused-ring (bicyclic) bond motifs is 1. The third kappa shape index (κ3) is 2.63. The highest BCUT2D eigenvalue weighted by Crippen LogP contribution is 2.28. The Kier molecular flexibility index (Phi) is 3.87. The summed E-state index contributed by atoms with van der Waals surface area (Å²) in [6.45, 7) is 5.72. The molecule has 3 rings (SSSR count). The first kappa shape index (κ1) is 13.7. The maximum absolute atomic E-state index is 5.37. The minimum Gasteiger partial charge on any atom is -0.384 e. The van der Waals surface area contributed by atoms with Gasteiger partial charge in [0.2, 0.25) is 0 Å². The summed E-state index contributed by atoms with van der Waals surface area (Å²) in [5.41, 5.74) is 2.32. The van der Waals surface area contributed by atoms with E-state index in [1.165, 1.54) is 15.4 Å². The predicted octanol–water partition coefficient (Wildman–Crippen LogP) is 1.93. The Balaban J connectivity index is 1.79. The number of ether oxygens (including phenoxy) is 1. The topological polar surface area (TPSA) is 43.2 Å². The molecule has 20 heavy (non-hydrogen) atoms. The first-order valence-corrected chi connectivity index (χ1v) is 7.64. The van der Waals surface area contributed by atoms with E-state index in [1.54, 1.807) is 7.11 Å². The van der Waals surface area contributed by atoms with Gasteiger partial charge in [-0.3, -0.25) is 9.58 Å². The minimum atomic E-state index is 0.352. The van der Waals surface area contributed by atoms with E-state index in [0.717, 1.165) is 25.3 Å². The van der Waals surface area contributed by atoms with Crippen LogP contribution in [0.15, 0.2) is 12.1 Å². The fourth-order valence-corrected chi connectivity index (χ4v) is 3.87. The first-order valence-electron chi connectivity index (χ1n) is 6.82. The molecule has 2 aromatic rings. The number of aromatic nitrogens is 3. The fraction of sp³-hybridized carbons (Fsp3) is 0.571. The summed E-state index contributed by atoms with van der Waals surface area (Å²) >= 11 is 1.87. The quantitative estimate of drug-likeness (QED) is 0.863. The lowest BCUT2D eigenvalue weighted by molar-refractivity contribution is 0.132. The van der Waals surface area contributed by atoms with Gasteiger partial charge in [-0.15, -0.1) is 16.4 Å². The Morgan fingerprint density at radius 1 is 1.45 bits per heavy atom. The van der Waals surface area contributed by atoms with Crippen LogP contribution in [0.4, 0.5) is 0 Å². The summed E-state index contributed by atoms with van der Waals surface area (Å²) in [6.07, 6.45) is 0. The molecule has 0 saturated heterocycles. The van der Waals surface area contributed by atoms with Crippen LogP contribution in [0.1, 0.15) is 27.1 Å². The van der Waals surface area contributed by atoms with Crippen molar-refractivity contribution in [1.82, 2.24) is 19.9 Å². The summed E-state index contributed by atoms with van der Waals surface area (Å²) in [7, 11) is 3.72. The van der Waals surface area contributed by atoms with Crippen molar-refractivity contribution >= 4 is 11.3 Å². The normalized spacial score (nSPS) is 19.2. The third-order valence-electron chi connectivity index (χ3n) is 3.73. The van der Waals surface area contributed by atoms with Crippen molar-refractivity contribution in [2.75, 3.05) is 20.3 Å². The van der Waals surface area contributed by atoms with Crippen molar-refractivity contribution in [3.05, 3.63) is 33.3 Å². The van der Waals surface area contributed by atoms with Gasteiger partial charge in [0, 0.05) is 49.5 Å². The smallest absolute Gasteiger partial charge is 0.100 e. The van der Waals surface area contributed by atoms with E-state index >= 15 is 0 Å². The maximum Gasteiger partial charge on any atom is 0.100 e. The van der Waals surface area contributed by atoms with E-state index in [9.17, 15) is 0 Å². The van der Waals surface area contributed by atoms with E-state index in [0.29, 0.717) is 12.5 Å². The lowest BCUT2D eigenvalue weighted by Gasteiger charge is -2.31. The molecule has 1 aliphatic rings. The van der Waals surface area contributed by atoms with E-state index < -0.39 is 0 Å². The van der Waals surface area contributed by atoms with Crippen LogP contribution in [-0.2, 0) is 24.9 Å². The maximum atomic E-state index is 5.37. The molecular formula is C14H20N4OS. The molecular weight excluding hydrogens is 272 g/mol. The van der Waals surface area contributed by atoms with Crippen molar-refractivity contribution in [1.29, 1.82) is 0 Å². The second-order valence-corrected chi connectivity index (χ2v) is 6.75. The molecule has 1 unspecified atom stereocenters. The molecule has 3 heterocycles. The van der Waals surface area contributed by atoms with Crippen LogP contribution in [-0.4, -0.2) is 40.2 Å². The molecule has 5 nitrogen and oxygen atoms in total. The van der Waals surface area contributed by atoms with Gasteiger partial charge in [0.05, 0.1) is 12.3 Å². The van der Waals surface area contributed by atoms with Crippen molar-refractivity contribution in [2.45, 2.75) is 25.9 Å². The zero-order valence-corrected chi connectivity index (χ0v) is 13.0. The van der Waals surface area contributed by atoms with Gasteiger partial charge in [-0.1, -0.05) is 5.21 Å². The number of nitrogens with zero attached hydrogens (tertiary/aromatic N) is 4. The van der Waals surface area contributed by atoms with Crippen LogP contribution in [0, 0.1) is 6.92 Å². The predicted molar refractivity (Wildman–Crippen MR) is 78.8 cm³/mol. The summed E-state index contributed by atoms with van der Waals surface area (Å²) in [5.74, 6) is 0.352. The van der Waals surface area contributed by atoms with Crippen LogP contribution >= 0.6 is 11.3 Å². The summed E-state index contributed by atoms with van der Waals surface area (Å²) < 4.78 is 7.27. The zero-order chi connectivity index (χ0) is 14.1. The second kappa shape index (κ2) is 5.63. The van der Waals surface area contributed by atoms with Gasteiger partial charge in [0.15, 0.2) is 0 Å². The van der Waals surface area contributed by atoms with Gasteiger partial charge in [0.25, 0.3) is 0 Å². The second-order valence-electron chi connectivity index (χ2n) is 5.38. The van der Waals surface area contributed by atoms with Gasteiger partial charge in [0.1, 0.15) is 5.69 Å². The van der Waals surface area contributed by atoms with Crippen molar-refractivity contribution in [3.8, 4) is 0 Å². The van der Waals surface area contributed by atoms with Gasteiger partial charge in [-0.25, -0.2) is 0 Å². The summed E-state index contributed by atoms with van der Waals surface area (Å²) in [4.78, 5) is 5.21. The molecule has 1 atom stereocenters. The highest BCUT2D eigenvalue weighted by molar-refractivity contribution is 7.11. The molecule has 0 aromatic carbocycles. The molecule has 108 valence electrons. The monoisotopic (exact) mass is 292 g/mol. The molecule has 0 bridgehead atoms. The van der Waals surface area contributed by atoms with E-state index in [4.69, 9.17) is 4.74 Å². The molecule has 0 amide bonds. The standard InChI is InChI=1S/C14H20N4OS/c1-10-4-5-12(20-10)7-18-6-11(9-19-3)14-13(8-18)15-16-17(14)2/h4-5,11H,6-9H2,1-3H3. The summed E-state index contributed by atoms with van der Waals surface area (Å²) in [6, 6.07) is 4.40. The molecule has 6 heteroatoms. The van der Waals surface area contributed by atoms with E-state index in [2.05, 4.69) is 34.3 Å². The Bertz CT molecular complexity index is 592. The largest absolute Gasteiger partial charge is 0.384 e. The first-order chi connectivity index (χ1) is 9.67.